The van der Waals surface area contributed by atoms with Gasteiger partial charge in [-0.1, -0.05) is 6.58 Å². The predicted octanol–water partition coefficient (Wildman–Crippen LogP) is 5.30. The summed E-state index contributed by atoms with van der Waals surface area (Å²) in [6.07, 6.45) is -4.98. The molecule has 2 heterocycles. The van der Waals surface area contributed by atoms with E-state index >= 15 is 0 Å². The molecule has 0 spiro atoms. The van der Waals surface area contributed by atoms with Crippen LogP contribution in [0.5, 0.6) is 11.5 Å². The molecule has 2 atom stereocenters. The molecule has 1 aromatic carbocycles. The molecule has 2 unspecified atom stereocenters. The second kappa shape index (κ2) is 14.2. The van der Waals surface area contributed by atoms with Gasteiger partial charge in [0.05, 0.1) is 25.4 Å². The van der Waals surface area contributed by atoms with Gasteiger partial charge >= 0.3 is 12.3 Å². The van der Waals surface area contributed by atoms with Crippen molar-refractivity contribution in [2.75, 3.05) is 19.8 Å². The minimum atomic E-state index is -4.93. The summed E-state index contributed by atoms with van der Waals surface area (Å²) < 4.78 is 64.8. The maximum Gasteiger partial charge on any atom is 0.573 e. The third-order valence-corrected chi connectivity index (χ3v) is 5.85. The number of aliphatic hydroxyl groups excluding tert-OH is 3. The van der Waals surface area contributed by atoms with Crippen LogP contribution >= 0.6 is 0 Å². The number of carbonyl (C=O) groups is 1. The molecule has 3 aromatic rings. The van der Waals surface area contributed by atoms with Crippen LogP contribution in [0, 0.1) is 0 Å². The summed E-state index contributed by atoms with van der Waals surface area (Å²) in [6.45, 7) is 5.23. The van der Waals surface area contributed by atoms with E-state index in [1.807, 2.05) is 0 Å². The third kappa shape index (κ3) is 9.32. The fourth-order valence-corrected chi connectivity index (χ4v) is 3.83. The van der Waals surface area contributed by atoms with Crippen LogP contribution < -0.4 is 9.47 Å². The Labute approximate surface area is 228 Å². The zero-order chi connectivity index (χ0) is 29.3. The van der Waals surface area contributed by atoms with Crippen LogP contribution in [0.25, 0.3) is 22.5 Å². The predicted molar refractivity (Wildman–Crippen MR) is 138 cm³/mol. The average molecular weight is 571 g/mol. The first kappa shape index (κ1) is 31.1. The number of rotatable bonds is 16. The van der Waals surface area contributed by atoms with Crippen molar-refractivity contribution in [3.8, 4) is 23.0 Å². The number of fused-ring (bicyclic) bond motifs is 1. The zero-order valence-corrected chi connectivity index (χ0v) is 22.0. The molecule has 40 heavy (non-hydrogen) atoms. The van der Waals surface area contributed by atoms with Gasteiger partial charge in [-0.05, 0) is 57.2 Å². The third-order valence-electron chi connectivity index (χ3n) is 5.85. The highest BCUT2D eigenvalue weighted by molar-refractivity contribution is 5.87. The Morgan fingerprint density at radius 3 is 2.38 bits per heavy atom. The van der Waals surface area contributed by atoms with Gasteiger partial charge in [0, 0.05) is 36.1 Å². The average Bonchev–Trinajstić information content (AvgIpc) is 3.49. The molecule has 0 bridgehead atoms. The molecule has 12 heteroatoms. The summed E-state index contributed by atoms with van der Waals surface area (Å²) in [5, 5.41) is 29.9. The van der Waals surface area contributed by atoms with Crippen molar-refractivity contribution in [2.24, 2.45) is 0 Å². The lowest BCUT2D eigenvalue weighted by atomic mass is 10.0. The van der Waals surface area contributed by atoms with Crippen LogP contribution in [0.3, 0.4) is 0 Å². The van der Waals surface area contributed by atoms with E-state index in [-0.39, 0.29) is 56.4 Å². The largest absolute Gasteiger partial charge is 0.573 e. The lowest BCUT2D eigenvalue weighted by Gasteiger charge is -2.17. The first-order valence-corrected chi connectivity index (χ1v) is 12.8. The summed E-state index contributed by atoms with van der Waals surface area (Å²) in [7, 11) is 0. The molecule has 3 rings (SSSR count). The fourth-order valence-electron chi connectivity index (χ4n) is 3.83. The van der Waals surface area contributed by atoms with E-state index in [0.29, 0.717) is 41.6 Å². The van der Waals surface area contributed by atoms with Crippen LogP contribution in [0.15, 0.2) is 51.3 Å². The van der Waals surface area contributed by atoms with Gasteiger partial charge in [-0.2, -0.15) is 0 Å². The summed E-state index contributed by atoms with van der Waals surface area (Å²) in [6, 6.07) is 7.58. The van der Waals surface area contributed by atoms with Crippen molar-refractivity contribution in [3.63, 3.8) is 0 Å². The van der Waals surface area contributed by atoms with Crippen molar-refractivity contribution in [1.29, 1.82) is 0 Å². The highest BCUT2D eigenvalue weighted by Crippen LogP contribution is 2.40. The molecule has 0 aliphatic carbocycles. The Bertz CT molecular complexity index is 1260. The van der Waals surface area contributed by atoms with Gasteiger partial charge < -0.3 is 38.4 Å². The number of carbonyl (C=O) groups excluding carboxylic acids is 1. The van der Waals surface area contributed by atoms with Crippen LogP contribution in [-0.4, -0.2) is 59.7 Å². The summed E-state index contributed by atoms with van der Waals surface area (Å²) >= 11 is 0. The number of ether oxygens (including phenoxy) is 3. The molecule has 9 nitrogen and oxygen atoms in total. The number of halogens is 3. The van der Waals surface area contributed by atoms with Crippen molar-refractivity contribution in [2.45, 2.75) is 64.0 Å². The molecule has 0 aliphatic heterocycles. The normalized spacial score (nSPS) is 13.3. The van der Waals surface area contributed by atoms with E-state index in [9.17, 15) is 28.2 Å². The van der Waals surface area contributed by atoms with Gasteiger partial charge in [-0.3, -0.25) is 0 Å². The van der Waals surface area contributed by atoms with Gasteiger partial charge in [0.25, 0.3) is 0 Å². The summed E-state index contributed by atoms with van der Waals surface area (Å²) in [4.78, 5) is 11.3. The Morgan fingerprint density at radius 2 is 1.73 bits per heavy atom. The van der Waals surface area contributed by atoms with E-state index in [1.165, 1.54) is 13.0 Å². The van der Waals surface area contributed by atoms with Gasteiger partial charge in [0.15, 0.2) is 11.5 Å². The van der Waals surface area contributed by atoms with Crippen molar-refractivity contribution in [3.05, 3.63) is 48.2 Å². The lowest BCUT2D eigenvalue weighted by molar-refractivity contribution is -0.274. The minimum absolute atomic E-state index is 0.0353. The molecule has 2 aromatic heterocycles. The number of benzene rings is 1. The van der Waals surface area contributed by atoms with Crippen LogP contribution in [0.4, 0.5) is 13.2 Å². The molecule has 0 amide bonds. The van der Waals surface area contributed by atoms with Gasteiger partial charge in [0.2, 0.25) is 5.76 Å². The molecule has 0 aliphatic rings. The van der Waals surface area contributed by atoms with Crippen LogP contribution in [0.1, 0.15) is 44.8 Å². The zero-order valence-electron chi connectivity index (χ0n) is 22.0. The number of alkyl halides is 3. The molecule has 0 fully saturated rings. The number of furan rings is 2. The molecule has 0 radical (unpaired) electrons. The van der Waals surface area contributed by atoms with Crippen molar-refractivity contribution in [1.82, 2.24) is 0 Å². The fraction of sp³-hybridized carbons (Fsp3) is 0.464. The number of aliphatic hydroxyl groups is 3. The van der Waals surface area contributed by atoms with Gasteiger partial charge in [-0.15, -0.1) is 13.2 Å². The Hall–Kier alpha value is -3.48. The molecule has 220 valence electrons. The maximum absolute atomic E-state index is 12.9. The quantitative estimate of drug-likeness (QED) is 0.119. The Balaban J connectivity index is 1.54. The molecule has 3 N–H and O–H groups in total. The van der Waals surface area contributed by atoms with Crippen molar-refractivity contribution < 1.29 is 56.3 Å². The number of esters is 1. The first-order chi connectivity index (χ1) is 19.0. The second-order valence-electron chi connectivity index (χ2n) is 9.28. The standard InChI is InChI=1S/C28H33F3O9/c1-17(2)27(35)37-13-5-8-22(34)21(33)7-4-12-36-19-10-9-18-14-24(39-23(18)15-19)26-25(40-28(29,30)31)16-20(38-26)6-3-11-32/h9-10,14-16,21-22,32-34H,1,3-8,11-13H2,2H3. The van der Waals surface area contributed by atoms with Crippen LogP contribution in [0.2, 0.25) is 0 Å². The minimum Gasteiger partial charge on any atom is -0.493 e. The molecule has 0 saturated carbocycles. The number of hydrogen-bond acceptors (Lipinski definition) is 9. The number of aryl methyl sites for hydroxylation is 1. The number of hydrogen-bond donors (Lipinski definition) is 3. The maximum atomic E-state index is 12.9. The highest BCUT2D eigenvalue weighted by Gasteiger charge is 2.34. The van der Waals surface area contributed by atoms with E-state index in [1.54, 1.807) is 18.2 Å². The van der Waals surface area contributed by atoms with Crippen LogP contribution in [-0.2, 0) is 16.0 Å². The molecular formula is C28H33F3O9. The second-order valence-corrected chi connectivity index (χ2v) is 9.28. The van der Waals surface area contributed by atoms with Crippen molar-refractivity contribution >= 4 is 16.9 Å². The monoisotopic (exact) mass is 570 g/mol. The summed E-state index contributed by atoms with van der Waals surface area (Å²) in [5.74, 6) is -0.562. The van der Waals surface area contributed by atoms with E-state index in [2.05, 4.69) is 11.3 Å². The van der Waals surface area contributed by atoms with E-state index in [0.717, 1.165) is 6.07 Å². The first-order valence-electron chi connectivity index (χ1n) is 12.8. The SMILES string of the molecule is C=C(C)C(=O)OCCCC(O)C(O)CCCOc1ccc2cc(-c3oc(CCCO)cc3OC(F)(F)F)oc2c1. The van der Waals surface area contributed by atoms with E-state index in [4.69, 9.17) is 23.4 Å². The van der Waals surface area contributed by atoms with Gasteiger partial charge in [0.1, 0.15) is 17.1 Å². The summed E-state index contributed by atoms with van der Waals surface area (Å²) in [5.41, 5.74) is 0.639. The van der Waals surface area contributed by atoms with E-state index < -0.39 is 30.3 Å². The molecular weight excluding hydrogens is 537 g/mol. The Morgan fingerprint density at radius 1 is 1.02 bits per heavy atom. The Kier molecular flexibility index (Phi) is 11.1. The lowest BCUT2D eigenvalue weighted by Crippen LogP contribution is -2.26. The molecule has 0 saturated heterocycles. The highest BCUT2D eigenvalue weighted by atomic mass is 19.4. The van der Waals surface area contributed by atoms with Gasteiger partial charge in [-0.25, -0.2) is 4.79 Å². The topological polar surface area (TPSA) is 132 Å². The smallest absolute Gasteiger partial charge is 0.493 e.